The molecule has 0 bridgehead atoms. The molecule has 0 unspecified atom stereocenters. The molecular weight excluding hydrogens is 301 g/mol. The third-order valence-corrected chi connectivity index (χ3v) is 4.79. The van der Waals surface area contributed by atoms with Crippen molar-refractivity contribution < 1.29 is 12.8 Å². The molecule has 1 aromatic heterocycles. The molecule has 0 fully saturated rings. The highest BCUT2D eigenvalue weighted by Crippen LogP contribution is 2.22. The molecular formula is C17H11FNO2S. The fourth-order valence-electron chi connectivity index (χ4n) is 2.00. The second-order valence-corrected chi connectivity index (χ2v) is 6.50. The summed E-state index contributed by atoms with van der Waals surface area (Å²) in [6.07, 6.45) is 0. The van der Waals surface area contributed by atoms with Gasteiger partial charge in [0.25, 0.3) is 0 Å². The number of nitrogens with zero attached hydrogens (tertiary/aromatic N) is 1. The van der Waals surface area contributed by atoms with Crippen LogP contribution in [0, 0.1) is 11.9 Å². The van der Waals surface area contributed by atoms with Crippen LogP contribution in [-0.2, 0) is 9.84 Å². The molecule has 0 aliphatic heterocycles. The Hall–Kier alpha value is -2.53. The summed E-state index contributed by atoms with van der Waals surface area (Å²) in [6, 6.07) is 19.5. The first-order valence-electron chi connectivity index (χ1n) is 6.52. The molecule has 3 rings (SSSR count). The van der Waals surface area contributed by atoms with Crippen LogP contribution < -0.4 is 0 Å². The van der Waals surface area contributed by atoms with E-state index in [4.69, 9.17) is 0 Å². The van der Waals surface area contributed by atoms with E-state index in [0.29, 0.717) is 11.3 Å². The maximum absolute atomic E-state index is 13.0. The highest BCUT2D eigenvalue weighted by molar-refractivity contribution is 7.91. The van der Waals surface area contributed by atoms with Crippen LogP contribution in [0.15, 0.2) is 76.7 Å². The number of pyridine rings is 1. The van der Waals surface area contributed by atoms with Crippen molar-refractivity contribution in [3.63, 3.8) is 0 Å². The maximum atomic E-state index is 13.0. The van der Waals surface area contributed by atoms with Gasteiger partial charge in [0.15, 0.2) is 5.03 Å². The Bertz CT molecular complexity index is 891. The maximum Gasteiger partial charge on any atom is 0.223 e. The van der Waals surface area contributed by atoms with Crippen LogP contribution in [0.25, 0.3) is 11.3 Å². The van der Waals surface area contributed by atoms with Crippen molar-refractivity contribution in [2.75, 3.05) is 0 Å². The first kappa shape index (κ1) is 14.4. The average molecular weight is 312 g/mol. The zero-order valence-electron chi connectivity index (χ0n) is 11.4. The zero-order valence-corrected chi connectivity index (χ0v) is 12.2. The van der Waals surface area contributed by atoms with Gasteiger partial charge in [0.2, 0.25) is 9.84 Å². The highest BCUT2D eigenvalue weighted by Gasteiger charge is 2.19. The van der Waals surface area contributed by atoms with Crippen LogP contribution in [0.2, 0.25) is 0 Å². The van der Waals surface area contributed by atoms with Crippen LogP contribution in [-0.4, -0.2) is 13.4 Å². The van der Waals surface area contributed by atoms with Gasteiger partial charge in [-0.3, -0.25) is 0 Å². The smallest absolute Gasteiger partial charge is 0.223 e. The lowest BCUT2D eigenvalue weighted by atomic mass is 10.1. The van der Waals surface area contributed by atoms with Crippen LogP contribution in [0.4, 0.5) is 4.39 Å². The zero-order chi connectivity index (χ0) is 15.6. The van der Waals surface area contributed by atoms with E-state index in [1.165, 1.54) is 48.5 Å². The summed E-state index contributed by atoms with van der Waals surface area (Å²) in [5, 5.41) is -0.0585. The van der Waals surface area contributed by atoms with Crippen molar-refractivity contribution in [3.05, 3.63) is 78.6 Å². The van der Waals surface area contributed by atoms with Crippen LogP contribution in [0.3, 0.4) is 0 Å². The average Bonchev–Trinajstić information content (AvgIpc) is 2.56. The van der Waals surface area contributed by atoms with Crippen molar-refractivity contribution >= 4 is 9.84 Å². The summed E-state index contributed by atoms with van der Waals surface area (Å²) in [4.78, 5) is 4.33. The molecule has 0 saturated carbocycles. The number of sulfone groups is 1. The summed E-state index contributed by atoms with van der Waals surface area (Å²) in [7, 11) is -3.68. The first-order chi connectivity index (χ1) is 10.6. The van der Waals surface area contributed by atoms with Gasteiger partial charge in [-0.25, -0.2) is 17.8 Å². The molecule has 0 saturated heterocycles. The molecule has 3 nitrogen and oxygen atoms in total. The number of aromatic nitrogens is 1. The quantitative estimate of drug-likeness (QED) is 0.743. The molecule has 1 heterocycles. The van der Waals surface area contributed by atoms with Gasteiger partial charge in [0, 0.05) is 11.6 Å². The van der Waals surface area contributed by atoms with Gasteiger partial charge in [-0.15, -0.1) is 0 Å². The van der Waals surface area contributed by atoms with E-state index in [2.05, 4.69) is 11.1 Å². The van der Waals surface area contributed by atoms with Crippen LogP contribution >= 0.6 is 0 Å². The lowest BCUT2D eigenvalue weighted by molar-refractivity contribution is 0.592. The molecule has 0 aliphatic rings. The summed E-state index contributed by atoms with van der Waals surface area (Å²) in [6.45, 7) is 0. The van der Waals surface area contributed by atoms with E-state index in [1.807, 2.05) is 0 Å². The second kappa shape index (κ2) is 5.69. The minimum atomic E-state index is -3.68. The standard InChI is InChI=1S/C17H11FNO2S/c18-14-11-9-13(10-12-14)16-7-4-8-17(19-16)22(20,21)15-5-2-1-3-6-15/h1-6,8-12H. The molecule has 0 N–H and O–H groups in total. The molecule has 0 amide bonds. The molecule has 2 aromatic carbocycles. The Kier molecular flexibility index (Phi) is 3.73. The number of benzene rings is 2. The van der Waals surface area contributed by atoms with Gasteiger partial charge in [-0.05, 0) is 48.5 Å². The van der Waals surface area contributed by atoms with Crippen molar-refractivity contribution in [2.24, 2.45) is 0 Å². The Morgan fingerprint density at radius 2 is 1.59 bits per heavy atom. The number of hydrogen-bond acceptors (Lipinski definition) is 3. The molecule has 0 aliphatic carbocycles. The normalized spacial score (nSPS) is 11.3. The predicted molar refractivity (Wildman–Crippen MR) is 80.4 cm³/mol. The topological polar surface area (TPSA) is 47.0 Å². The second-order valence-electron chi connectivity index (χ2n) is 4.60. The summed E-state index contributed by atoms with van der Waals surface area (Å²) < 4.78 is 38.0. The highest BCUT2D eigenvalue weighted by atomic mass is 32.2. The van der Waals surface area contributed by atoms with Crippen LogP contribution in [0.5, 0.6) is 0 Å². The summed E-state index contributed by atoms with van der Waals surface area (Å²) in [5.41, 5.74) is 0.962. The largest absolute Gasteiger partial charge is 0.235 e. The van der Waals surface area contributed by atoms with Gasteiger partial charge >= 0.3 is 0 Å². The summed E-state index contributed by atoms with van der Waals surface area (Å²) in [5.74, 6) is -0.364. The molecule has 0 atom stereocenters. The van der Waals surface area contributed by atoms with E-state index in [9.17, 15) is 12.8 Å². The number of rotatable bonds is 3. The Balaban J connectivity index is 2.07. The van der Waals surface area contributed by atoms with Gasteiger partial charge < -0.3 is 0 Å². The van der Waals surface area contributed by atoms with Gasteiger partial charge in [-0.2, -0.15) is 0 Å². The minimum absolute atomic E-state index is 0.0585. The first-order valence-corrected chi connectivity index (χ1v) is 8.00. The lowest BCUT2D eigenvalue weighted by Gasteiger charge is -2.06. The van der Waals surface area contributed by atoms with E-state index in [1.54, 1.807) is 18.2 Å². The minimum Gasteiger partial charge on any atom is -0.235 e. The molecule has 1 radical (unpaired) electrons. The van der Waals surface area contributed by atoms with E-state index in [-0.39, 0.29) is 15.7 Å². The lowest BCUT2D eigenvalue weighted by Crippen LogP contribution is -2.04. The SMILES string of the molecule is O=S(=O)(c1ccccc1)c1cc[c]c(-c2ccc(F)cc2)n1. The third kappa shape index (κ3) is 2.76. The predicted octanol–water partition coefficient (Wildman–Crippen LogP) is 3.52. The van der Waals surface area contributed by atoms with E-state index in [0.717, 1.165) is 0 Å². The molecule has 0 spiro atoms. The Morgan fingerprint density at radius 3 is 2.27 bits per heavy atom. The monoisotopic (exact) mass is 312 g/mol. The molecule has 22 heavy (non-hydrogen) atoms. The van der Waals surface area contributed by atoms with Crippen LogP contribution in [0.1, 0.15) is 0 Å². The summed E-state index contributed by atoms with van der Waals surface area (Å²) >= 11 is 0. The van der Waals surface area contributed by atoms with Gasteiger partial charge in [0.1, 0.15) is 5.82 Å². The molecule has 109 valence electrons. The van der Waals surface area contributed by atoms with Gasteiger partial charge in [-0.1, -0.05) is 18.2 Å². The molecule has 5 heteroatoms. The van der Waals surface area contributed by atoms with Crippen molar-refractivity contribution in [1.29, 1.82) is 0 Å². The third-order valence-electron chi connectivity index (χ3n) is 3.11. The fourth-order valence-corrected chi connectivity index (χ4v) is 3.21. The Labute approximate surface area is 128 Å². The van der Waals surface area contributed by atoms with Crippen molar-refractivity contribution in [1.82, 2.24) is 4.98 Å². The number of hydrogen-bond donors (Lipinski definition) is 0. The van der Waals surface area contributed by atoms with E-state index >= 15 is 0 Å². The van der Waals surface area contributed by atoms with E-state index < -0.39 is 9.84 Å². The number of halogens is 1. The fraction of sp³-hybridized carbons (Fsp3) is 0. The molecule has 3 aromatic rings. The Morgan fingerprint density at radius 1 is 0.909 bits per heavy atom. The van der Waals surface area contributed by atoms with Gasteiger partial charge in [0.05, 0.1) is 10.6 Å². The van der Waals surface area contributed by atoms with Crippen molar-refractivity contribution in [2.45, 2.75) is 9.92 Å². The van der Waals surface area contributed by atoms with Crippen molar-refractivity contribution in [3.8, 4) is 11.3 Å².